The largest absolute Gasteiger partial charge is 0.339 e. The van der Waals surface area contributed by atoms with Gasteiger partial charge >= 0.3 is 0 Å². The highest BCUT2D eigenvalue weighted by Gasteiger charge is 2.51. The van der Waals surface area contributed by atoms with Crippen LogP contribution >= 0.6 is 0 Å². The zero-order valence-electron chi connectivity index (χ0n) is 16.1. The van der Waals surface area contributed by atoms with E-state index < -0.39 is 0 Å². The summed E-state index contributed by atoms with van der Waals surface area (Å²) < 4.78 is 0. The number of carbonyl (C=O) groups is 2. The van der Waals surface area contributed by atoms with Crippen LogP contribution in [0.5, 0.6) is 0 Å². The molecule has 0 radical (unpaired) electrons. The summed E-state index contributed by atoms with van der Waals surface area (Å²) in [6, 6.07) is 0.433. The highest BCUT2D eigenvalue weighted by Crippen LogP contribution is 2.42. The van der Waals surface area contributed by atoms with Crippen molar-refractivity contribution in [1.29, 1.82) is 0 Å². The first-order valence-corrected chi connectivity index (χ1v) is 10.8. The molecule has 2 amide bonds. The predicted octanol–water partition coefficient (Wildman–Crippen LogP) is 2.69. The van der Waals surface area contributed by atoms with Crippen LogP contribution in [0, 0.1) is 5.41 Å². The molecule has 2 aliphatic carbocycles. The minimum atomic E-state index is -0.342. The molecule has 0 bridgehead atoms. The lowest BCUT2D eigenvalue weighted by molar-refractivity contribution is -0.149. The number of H-pyrrole nitrogens is 1. The fourth-order valence-electron chi connectivity index (χ4n) is 5.91. The maximum atomic E-state index is 13.5. The molecule has 1 spiro atoms. The van der Waals surface area contributed by atoms with Gasteiger partial charge in [-0.2, -0.15) is 5.10 Å². The number of likely N-dealkylation sites (tertiary alicyclic amines) is 2. The van der Waals surface area contributed by atoms with Gasteiger partial charge in [0.05, 0.1) is 5.41 Å². The van der Waals surface area contributed by atoms with Gasteiger partial charge in [0, 0.05) is 36.9 Å². The maximum Gasteiger partial charge on any atom is 0.274 e. The Morgan fingerprint density at radius 2 is 1.89 bits per heavy atom. The van der Waals surface area contributed by atoms with Gasteiger partial charge in [-0.3, -0.25) is 14.7 Å². The van der Waals surface area contributed by atoms with Gasteiger partial charge in [0.25, 0.3) is 5.91 Å². The van der Waals surface area contributed by atoms with Crippen LogP contribution in [0.15, 0.2) is 0 Å². The molecule has 2 saturated heterocycles. The Hall–Kier alpha value is -1.85. The Morgan fingerprint density at radius 3 is 2.74 bits per heavy atom. The normalized spacial score (nSPS) is 29.0. The third-order valence-electron chi connectivity index (χ3n) is 7.43. The van der Waals surface area contributed by atoms with E-state index in [2.05, 4.69) is 15.1 Å². The molecule has 5 rings (SSSR count). The molecule has 3 heterocycles. The molecule has 0 aromatic carbocycles. The number of aromatic nitrogens is 2. The minimum absolute atomic E-state index is 0.0221. The molecule has 1 N–H and O–H groups in total. The topological polar surface area (TPSA) is 69.3 Å². The summed E-state index contributed by atoms with van der Waals surface area (Å²) in [5.74, 6) is 0.345. The van der Waals surface area contributed by atoms with Crippen LogP contribution in [-0.4, -0.2) is 57.5 Å². The quantitative estimate of drug-likeness (QED) is 0.870. The van der Waals surface area contributed by atoms with E-state index in [9.17, 15) is 9.59 Å². The number of hydrogen-bond donors (Lipinski definition) is 1. The lowest BCUT2D eigenvalue weighted by Crippen LogP contribution is -2.54. The van der Waals surface area contributed by atoms with Gasteiger partial charge < -0.3 is 9.80 Å². The maximum absolute atomic E-state index is 13.5. The molecule has 3 fully saturated rings. The first-order valence-electron chi connectivity index (χ1n) is 10.8. The van der Waals surface area contributed by atoms with Crippen molar-refractivity contribution in [3.63, 3.8) is 0 Å². The van der Waals surface area contributed by atoms with Crippen molar-refractivity contribution in [1.82, 2.24) is 20.0 Å². The summed E-state index contributed by atoms with van der Waals surface area (Å²) in [6.45, 7) is 2.17. The van der Waals surface area contributed by atoms with Gasteiger partial charge in [-0.25, -0.2) is 0 Å². The SMILES string of the molecule is O=C(c1n[nH]c2c1CCC2)N1CC[C@@]2(CCCN(C3CCCCC3)C2=O)C1. The van der Waals surface area contributed by atoms with Crippen LogP contribution in [-0.2, 0) is 17.6 Å². The van der Waals surface area contributed by atoms with Gasteiger partial charge in [0.2, 0.25) is 5.91 Å². The van der Waals surface area contributed by atoms with Crippen molar-refractivity contribution < 1.29 is 9.59 Å². The number of fused-ring (bicyclic) bond motifs is 1. The second kappa shape index (κ2) is 6.64. The van der Waals surface area contributed by atoms with E-state index >= 15 is 0 Å². The first-order chi connectivity index (χ1) is 13.2. The van der Waals surface area contributed by atoms with E-state index in [-0.39, 0.29) is 11.3 Å². The van der Waals surface area contributed by atoms with Crippen molar-refractivity contribution in [2.75, 3.05) is 19.6 Å². The Kier molecular flexibility index (Phi) is 4.25. The highest BCUT2D eigenvalue weighted by molar-refractivity contribution is 5.95. The molecule has 1 atom stereocenters. The van der Waals surface area contributed by atoms with E-state index in [1.54, 1.807) is 0 Å². The number of piperidine rings is 1. The highest BCUT2D eigenvalue weighted by atomic mass is 16.2. The Bertz CT molecular complexity index is 751. The molecule has 0 unspecified atom stereocenters. The van der Waals surface area contributed by atoms with Crippen molar-refractivity contribution in [3.8, 4) is 0 Å². The average Bonchev–Trinajstić information content (AvgIpc) is 3.40. The number of hydrogen-bond acceptors (Lipinski definition) is 3. The summed E-state index contributed by atoms with van der Waals surface area (Å²) >= 11 is 0. The van der Waals surface area contributed by atoms with Crippen LogP contribution < -0.4 is 0 Å². The van der Waals surface area contributed by atoms with E-state index in [4.69, 9.17) is 0 Å². The van der Waals surface area contributed by atoms with Crippen LogP contribution in [0.4, 0.5) is 0 Å². The third kappa shape index (κ3) is 2.79. The summed E-state index contributed by atoms with van der Waals surface area (Å²) in [5.41, 5.74) is 2.50. The van der Waals surface area contributed by atoms with E-state index in [0.717, 1.165) is 69.2 Å². The van der Waals surface area contributed by atoms with E-state index in [1.165, 1.54) is 19.3 Å². The monoisotopic (exact) mass is 370 g/mol. The Balaban J connectivity index is 1.32. The van der Waals surface area contributed by atoms with Gasteiger partial charge in [0.1, 0.15) is 0 Å². The lowest BCUT2D eigenvalue weighted by atomic mass is 9.77. The summed E-state index contributed by atoms with van der Waals surface area (Å²) in [6.07, 6.45) is 12.0. The van der Waals surface area contributed by atoms with Gasteiger partial charge in [0.15, 0.2) is 5.69 Å². The van der Waals surface area contributed by atoms with Crippen LogP contribution in [0.2, 0.25) is 0 Å². The lowest BCUT2D eigenvalue weighted by Gasteiger charge is -2.44. The molecule has 6 heteroatoms. The van der Waals surface area contributed by atoms with Gasteiger partial charge in [-0.05, 0) is 51.4 Å². The number of nitrogens with one attached hydrogen (secondary N) is 1. The second-order valence-electron chi connectivity index (χ2n) is 9.03. The Morgan fingerprint density at radius 1 is 1.04 bits per heavy atom. The fourth-order valence-corrected chi connectivity index (χ4v) is 5.91. The fraction of sp³-hybridized carbons (Fsp3) is 0.762. The second-order valence-corrected chi connectivity index (χ2v) is 9.03. The van der Waals surface area contributed by atoms with Gasteiger partial charge in [-0.15, -0.1) is 0 Å². The molecule has 1 aromatic rings. The van der Waals surface area contributed by atoms with E-state index in [1.807, 2.05) is 4.90 Å². The Labute approximate surface area is 160 Å². The smallest absolute Gasteiger partial charge is 0.274 e. The standard InChI is InChI=1S/C21H30N4O2/c26-19(18-16-8-4-9-17(16)22-23-18)24-13-11-21(14-24)10-5-12-25(20(21)27)15-6-2-1-3-7-15/h15H,1-14H2,(H,22,23)/t21-/m0/s1. The summed E-state index contributed by atoms with van der Waals surface area (Å²) in [5, 5.41) is 7.36. The molecular weight excluding hydrogens is 340 g/mol. The van der Waals surface area contributed by atoms with Crippen LogP contribution in [0.1, 0.15) is 79.5 Å². The zero-order chi connectivity index (χ0) is 18.4. The first kappa shape index (κ1) is 17.3. The van der Waals surface area contributed by atoms with E-state index in [0.29, 0.717) is 30.7 Å². The van der Waals surface area contributed by atoms with Gasteiger partial charge in [-0.1, -0.05) is 19.3 Å². The average molecular weight is 370 g/mol. The number of aryl methyl sites for hydroxylation is 1. The molecule has 27 heavy (non-hydrogen) atoms. The molecule has 4 aliphatic rings. The number of carbonyl (C=O) groups excluding carboxylic acids is 2. The van der Waals surface area contributed by atoms with Crippen LogP contribution in [0.3, 0.4) is 0 Å². The van der Waals surface area contributed by atoms with Crippen LogP contribution in [0.25, 0.3) is 0 Å². The van der Waals surface area contributed by atoms with Crippen molar-refractivity contribution >= 4 is 11.8 Å². The molecule has 2 aliphatic heterocycles. The molecular formula is C21H30N4O2. The third-order valence-corrected chi connectivity index (χ3v) is 7.43. The summed E-state index contributed by atoms with van der Waals surface area (Å²) in [7, 11) is 0. The van der Waals surface area contributed by atoms with Crippen molar-refractivity contribution in [2.24, 2.45) is 5.41 Å². The predicted molar refractivity (Wildman–Crippen MR) is 101 cm³/mol. The number of nitrogens with zero attached hydrogens (tertiary/aromatic N) is 3. The molecule has 1 aromatic heterocycles. The molecule has 146 valence electrons. The molecule has 6 nitrogen and oxygen atoms in total. The summed E-state index contributed by atoms with van der Waals surface area (Å²) in [4.78, 5) is 30.6. The molecule has 1 saturated carbocycles. The minimum Gasteiger partial charge on any atom is -0.339 e. The number of rotatable bonds is 2. The zero-order valence-corrected chi connectivity index (χ0v) is 16.1. The number of aromatic amines is 1. The number of amides is 2. The van der Waals surface area contributed by atoms with Crippen molar-refractivity contribution in [3.05, 3.63) is 17.0 Å². The van der Waals surface area contributed by atoms with Crippen molar-refractivity contribution in [2.45, 2.75) is 76.7 Å².